The van der Waals surface area contributed by atoms with Crippen LogP contribution in [-0.4, -0.2) is 37.2 Å². The zero-order chi connectivity index (χ0) is 14.3. The fourth-order valence-electron chi connectivity index (χ4n) is 1.54. The Kier molecular flexibility index (Phi) is 6.59. The summed E-state index contributed by atoms with van der Waals surface area (Å²) < 4.78 is 4.97. The number of ether oxygens (including phenoxy) is 1. The van der Waals surface area contributed by atoms with Crippen molar-refractivity contribution < 1.29 is 9.53 Å². The van der Waals surface area contributed by atoms with Gasteiger partial charge in [-0.3, -0.25) is 4.79 Å². The van der Waals surface area contributed by atoms with Crippen LogP contribution in [0.3, 0.4) is 0 Å². The molecule has 1 aromatic heterocycles. The lowest BCUT2D eigenvalue weighted by Crippen LogP contribution is -2.34. The van der Waals surface area contributed by atoms with Gasteiger partial charge in [0.15, 0.2) is 0 Å². The molecule has 6 heteroatoms. The smallest absolute Gasteiger partial charge is 0.271 e. The van der Waals surface area contributed by atoms with Crippen molar-refractivity contribution >= 4 is 23.3 Å². The van der Waals surface area contributed by atoms with Crippen molar-refractivity contribution in [3.05, 3.63) is 22.8 Å². The Hall–Kier alpha value is -1.33. The van der Waals surface area contributed by atoms with Crippen LogP contribution in [-0.2, 0) is 4.74 Å². The molecule has 106 valence electrons. The number of hydrogen-bond acceptors (Lipinski definition) is 4. The molecule has 2 N–H and O–H groups in total. The summed E-state index contributed by atoms with van der Waals surface area (Å²) in [6.45, 7) is 5.21. The molecule has 0 aliphatic rings. The van der Waals surface area contributed by atoms with Crippen molar-refractivity contribution in [3.8, 4) is 0 Å². The van der Waals surface area contributed by atoms with E-state index >= 15 is 0 Å². The van der Waals surface area contributed by atoms with Crippen LogP contribution >= 0.6 is 11.6 Å². The molecule has 0 saturated heterocycles. The molecule has 1 amide bonds. The van der Waals surface area contributed by atoms with Crippen LogP contribution in [0.1, 0.15) is 30.8 Å². The molecular formula is C13H20ClN3O2. The van der Waals surface area contributed by atoms with Crippen LogP contribution in [0.4, 0.5) is 5.82 Å². The summed E-state index contributed by atoms with van der Waals surface area (Å²) in [5, 5.41) is 6.24. The number of pyridine rings is 1. The monoisotopic (exact) mass is 285 g/mol. The van der Waals surface area contributed by atoms with Crippen molar-refractivity contribution in [2.24, 2.45) is 0 Å². The number of carbonyl (C=O) groups excluding carboxylic acids is 1. The van der Waals surface area contributed by atoms with Gasteiger partial charge in [0.1, 0.15) is 11.5 Å². The predicted molar refractivity (Wildman–Crippen MR) is 76.8 cm³/mol. The summed E-state index contributed by atoms with van der Waals surface area (Å²) in [7, 11) is 1.63. The quantitative estimate of drug-likeness (QED) is 0.807. The maximum atomic E-state index is 12.1. The van der Waals surface area contributed by atoms with Gasteiger partial charge < -0.3 is 15.4 Å². The van der Waals surface area contributed by atoms with E-state index in [4.69, 9.17) is 16.3 Å². The molecule has 0 aliphatic carbocycles. The first-order valence-corrected chi connectivity index (χ1v) is 6.66. The van der Waals surface area contributed by atoms with Gasteiger partial charge in [-0.25, -0.2) is 4.98 Å². The third kappa shape index (κ3) is 5.04. The second-order valence-corrected chi connectivity index (χ2v) is 4.62. The summed E-state index contributed by atoms with van der Waals surface area (Å²) in [6.07, 6.45) is 0.743. The third-order valence-corrected chi connectivity index (χ3v) is 2.86. The number of carbonyl (C=O) groups is 1. The normalized spacial score (nSPS) is 12.0. The first-order valence-electron chi connectivity index (χ1n) is 6.28. The van der Waals surface area contributed by atoms with E-state index in [2.05, 4.69) is 15.6 Å². The number of hydrogen-bond donors (Lipinski definition) is 2. The Morgan fingerprint density at radius 1 is 1.53 bits per heavy atom. The van der Waals surface area contributed by atoms with Gasteiger partial charge in [0, 0.05) is 26.3 Å². The largest absolute Gasteiger partial charge is 0.385 e. The molecule has 0 radical (unpaired) electrons. The minimum atomic E-state index is -0.270. The van der Waals surface area contributed by atoms with Crippen LogP contribution in [0.2, 0.25) is 5.02 Å². The molecule has 1 atom stereocenters. The van der Waals surface area contributed by atoms with E-state index in [1.54, 1.807) is 19.2 Å². The summed E-state index contributed by atoms with van der Waals surface area (Å²) >= 11 is 6.00. The van der Waals surface area contributed by atoms with Gasteiger partial charge in [-0.15, -0.1) is 0 Å². The number of aromatic nitrogens is 1. The molecule has 1 unspecified atom stereocenters. The van der Waals surface area contributed by atoms with Gasteiger partial charge in [-0.2, -0.15) is 0 Å². The highest BCUT2D eigenvalue weighted by molar-refractivity contribution is 6.33. The first-order chi connectivity index (χ1) is 9.08. The number of halogens is 1. The van der Waals surface area contributed by atoms with Crippen molar-refractivity contribution in [2.75, 3.05) is 25.6 Å². The van der Waals surface area contributed by atoms with E-state index in [0.717, 1.165) is 13.0 Å². The van der Waals surface area contributed by atoms with Crippen molar-refractivity contribution in [1.82, 2.24) is 10.3 Å². The molecule has 0 spiro atoms. The lowest BCUT2D eigenvalue weighted by Gasteiger charge is -2.14. The Labute approximate surface area is 118 Å². The topological polar surface area (TPSA) is 63.2 Å². The average Bonchev–Trinajstić information content (AvgIpc) is 2.38. The fraction of sp³-hybridized carbons (Fsp3) is 0.538. The maximum absolute atomic E-state index is 12.1. The summed E-state index contributed by atoms with van der Waals surface area (Å²) in [6, 6.07) is 3.42. The minimum Gasteiger partial charge on any atom is -0.385 e. The van der Waals surface area contributed by atoms with Crippen molar-refractivity contribution in [2.45, 2.75) is 26.3 Å². The molecule has 19 heavy (non-hydrogen) atoms. The van der Waals surface area contributed by atoms with Crippen LogP contribution in [0.15, 0.2) is 12.1 Å². The second-order valence-electron chi connectivity index (χ2n) is 4.21. The number of amides is 1. The van der Waals surface area contributed by atoms with Crippen molar-refractivity contribution in [1.29, 1.82) is 0 Å². The van der Waals surface area contributed by atoms with Gasteiger partial charge in [-0.05, 0) is 32.4 Å². The highest BCUT2D eigenvalue weighted by Crippen LogP contribution is 2.16. The molecule has 1 aromatic rings. The van der Waals surface area contributed by atoms with Crippen LogP contribution in [0.25, 0.3) is 0 Å². The minimum absolute atomic E-state index is 0.00751. The molecule has 0 saturated carbocycles. The number of anilines is 1. The predicted octanol–water partition coefficient (Wildman–Crippen LogP) is 2.32. The van der Waals surface area contributed by atoms with Crippen molar-refractivity contribution in [3.63, 3.8) is 0 Å². The zero-order valence-electron chi connectivity index (χ0n) is 11.5. The van der Waals surface area contributed by atoms with E-state index in [0.29, 0.717) is 17.4 Å². The number of nitrogens with one attached hydrogen (secondary N) is 2. The molecular weight excluding hydrogens is 266 g/mol. The van der Waals surface area contributed by atoms with E-state index in [9.17, 15) is 4.79 Å². The van der Waals surface area contributed by atoms with E-state index in [1.165, 1.54) is 0 Å². The lowest BCUT2D eigenvalue weighted by atomic mass is 10.2. The van der Waals surface area contributed by atoms with Gasteiger partial charge in [0.25, 0.3) is 5.91 Å². The fourth-order valence-corrected chi connectivity index (χ4v) is 1.73. The Morgan fingerprint density at radius 2 is 2.26 bits per heavy atom. The summed E-state index contributed by atoms with van der Waals surface area (Å²) in [4.78, 5) is 16.3. The van der Waals surface area contributed by atoms with E-state index in [-0.39, 0.29) is 17.6 Å². The van der Waals surface area contributed by atoms with E-state index in [1.807, 2.05) is 13.8 Å². The third-order valence-electron chi connectivity index (χ3n) is 2.55. The average molecular weight is 286 g/mol. The molecule has 0 bridgehead atoms. The second kappa shape index (κ2) is 7.96. The van der Waals surface area contributed by atoms with E-state index < -0.39 is 0 Å². The SMILES string of the molecule is CCNc1ccc(Cl)c(C(=O)NC(C)CCOC)n1. The highest BCUT2D eigenvalue weighted by Gasteiger charge is 2.15. The van der Waals surface area contributed by atoms with Gasteiger partial charge >= 0.3 is 0 Å². The summed E-state index contributed by atoms with van der Waals surface area (Å²) in [5.41, 5.74) is 0.240. The molecule has 0 fully saturated rings. The number of methoxy groups -OCH3 is 1. The molecule has 0 aliphatic heterocycles. The highest BCUT2D eigenvalue weighted by atomic mass is 35.5. The standard InChI is InChI=1S/C13H20ClN3O2/c1-4-15-11-6-5-10(14)12(17-11)13(18)16-9(2)7-8-19-3/h5-6,9H,4,7-8H2,1-3H3,(H,15,17)(H,16,18). The van der Waals surface area contributed by atoms with Crippen LogP contribution in [0.5, 0.6) is 0 Å². The Morgan fingerprint density at radius 3 is 2.89 bits per heavy atom. The van der Waals surface area contributed by atoms with Gasteiger partial charge in [0.05, 0.1) is 5.02 Å². The number of rotatable bonds is 7. The number of nitrogens with zero attached hydrogens (tertiary/aromatic N) is 1. The van der Waals surface area contributed by atoms with Crippen LogP contribution < -0.4 is 10.6 Å². The van der Waals surface area contributed by atoms with Crippen LogP contribution in [0, 0.1) is 0 Å². The Balaban J connectivity index is 2.72. The molecule has 1 rings (SSSR count). The molecule has 1 heterocycles. The molecule has 5 nitrogen and oxygen atoms in total. The maximum Gasteiger partial charge on any atom is 0.271 e. The zero-order valence-corrected chi connectivity index (χ0v) is 12.3. The Bertz CT molecular complexity index is 426. The van der Waals surface area contributed by atoms with Gasteiger partial charge in [0.2, 0.25) is 0 Å². The first kappa shape index (κ1) is 15.7. The molecule has 0 aromatic carbocycles. The van der Waals surface area contributed by atoms with Gasteiger partial charge in [-0.1, -0.05) is 11.6 Å². The lowest BCUT2D eigenvalue weighted by molar-refractivity contribution is 0.0925. The summed E-state index contributed by atoms with van der Waals surface area (Å²) in [5.74, 6) is 0.370.